The molecule has 0 saturated heterocycles. The molecule has 0 spiro atoms. The predicted molar refractivity (Wildman–Crippen MR) is 254 cm³/mol. The molecule has 1 aliphatic heterocycles. The molecule has 4 heterocycles. The lowest BCUT2D eigenvalue weighted by atomic mass is 9.79. The van der Waals surface area contributed by atoms with Crippen molar-refractivity contribution < 1.29 is 0 Å². The predicted octanol–water partition coefficient (Wildman–Crippen LogP) is 13.8. The number of aromatic nitrogens is 5. The molecule has 2 aliphatic rings. The summed E-state index contributed by atoms with van der Waals surface area (Å²) in [5.41, 5.74) is 15.7. The first-order chi connectivity index (χ1) is 30.7. The third kappa shape index (κ3) is 6.05. The van der Waals surface area contributed by atoms with Gasteiger partial charge < -0.3 is 4.57 Å². The number of hydrogen-bond donors (Lipinski definition) is 0. The molecular formula is C57H39N5. The van der Waals surface area contributed by atoms with Gasteiger partial charge >= 0.3 is 0 Å². The Morgan fingerprint density at radius 3 is 1.73 bits per heavy atom. The summed E-state index contributed by atoms with van der Waals surface area (Å²) in [6, 6.07) is 68.4. The molecular weight excluding hydrogens is 755 g/mol. The Morgan fingerprint density at radius 2 is 1.00 bits per heavy atom. The molecule has 0 radical (unpaired) electrons. The van der Waals surface area contributed by atoms with Crippen molar-refractivity contribution in [1.29, 1.82) is 0 Å². The van der Waals surface area contributed by atoms with E-state index in [0.29, 0.717) is 5.82 Å². The average Bonchev–Trinajstić information content (AvgIpc) is 3.92. The van der Waals surface area contributed by atoms with Crippen LogP contribution in [0.25, 0.3) is 89.5 Å². The second kappa shape index (κ2) is 14.8. The summed E-state index contributed by atoms with van der Waals surface area (Å²) in [4.78, 5) is 10.7. The van der Waals surface area contributed by atoms with Crippen molar-refractivity contribution in [3.05, 3.63) is 236 Å². The monoisotopic (exact) mass is 793 g/mol. The summed E-state index contributed by atoms with van der Waals surface area (Å²) >= 11 is 0. The van der Waals surface area contributed by atoms with E-state index >= 15 is 0 Å². The lowest BCUT2D eigenvalue weighted by molar-refractivity contribution is 0.624. The zero-order chi connectivity index (χ0) is 41.0. The van der Waals surface area contributed by atoms with E-state index in [1.165, 1.54) is 27.5 Å². The largest absolute Gasteiger partial charge is 0.309 e. The minimum absolute atomic E-state index is 0.113. The SMILES string of the molecule is C1=CC2C=C(c3ccccc3)n3nc(-c4ccccc4)c(-c4cccc(-c5nc(-c6ccccc6)cc(-c6cccc(-n7c8ccccc8c8ccccc87)c6)n5)c4)c3C2C=C1. The number of rotatable bonds is 7. The standard InChI is InChI=1S/C57H39N5/c1-4-18-38(19-5-1)49-37-50(42-25-17-28-45(35-42)61-51-32-14-12-30-47(51)48-31-13-15-33-52(48)61)59-57(58-49)44-27-16-26-43(34-44)54-55(40-22-8-3-9-23-40)60-62-53(39-20-6-2-7-21-39)36-41-24-10-11-29-46(41)56(54)62/h1-37,41,46H. The highest BCUT2D eigenvalue weighted by Gasteiger charge is 2.35. The summed E-state index contributed by atoms with van der Waals surface area (Å²) in [5.74, 6) is 0.967. The fraction of sp³-hybridized carbons (Fsp3) is 0.0351. The van der Waals surface area contributed by atoms with Crippen LogP contribution in [-0.4, -0.2) is 24.3 Å². The second-order valence-electron chi connectivity index (χ2n) is 16.0. The average molecular weight is 794 g/mol. The Hall–Kier alpha value is -8.15. The number of para-hydroxylation sites is 2. The smallest absolute Gasteiger partial charge is 0.160 e. The normalized spacial score (nSPS) is 15.4. The van der Waals surface area contributed by atoms with E-state index in [9.17, 15) is 0 Å². The van der Waals surface area contributed by atoms with Crippen molar-refractivity contribution in [3.63, 3.8) is 0 Å². The van der Waals surface area contributed by atoms with Gasteiger partial charge in [0.05, 0.1) is 33.8 Å². The lowest BCUT2D eigenvalue weighted by Crippen LogP contribution is -2.21. The first-order valence-corrected chi connectivity index (χ1v) is 21.2. The molecule has 0 bridgehead atoms. The molecule has 1 aliphatic carbocycles. The van der Waals surface area contributed by atoms with Gasteiger partial charge in [-0.05, 0) is 47.5 Å². The van der Waals surface area contributed by atoms with E-state index in [2.05, 4.69) is 228 Å². The van der Waals surface area contributed by atoms with Crippen LogP contribution in [-0.2, 0) is 0 Å². The number of hydrogen-bond acceptors (Lipinski definition) is 3. The van der Waals surface area contributed by atoms with Crippen LogP contribution < -0.4 is 0 Å². The molecule has 12 rings (SSSR count). The molecule has 5 nitrogen and oxygen atoms in total. The number of nitrogens with zero attached hydrogens (tertiary/aromatic N) is 5. The number of benzene rings is 7. The van der Waals surface area contributed by atoms with Crippen LogP contribution in [0.4, 0.5) is 0 Å². The van der Waals surface area contributed by atoms with Gasteiger partial charge in [-0.1, -0.05) is 188 Å². The van der Waals surface area contributed by atoms with Crippen molar-refractivity contribution in [2.45, 2.75) is 5.92 Å². The van der Waals surface area contributed by atoms with Crippen LogP contribution in [0.2, 0.25) is 0 Å². The van der Waals surface area contributed by atoms with E-state index in [1.807, 2.05) is 6.07 Å². The van der Waals surface area contributed by atoms with Gasteiger partial charge in [-0.15, -0.1) is 0 Å². The fourth-order valence-corrected chi connectivity index (χ4v) is 9.44. The number of fused-ring (bicyclic) bond motifs is 6. The molecule has 62 heavy (non-hydrogen) atoms. The van der Waals surface area contributed by atoms with E-state index in [1.54, 1.807) is 0 Å². The van der Waals surface area contributed by atoms with Crippen LogP contribution in [0.3, 0.4) is 0 Å². The molecule has 2 atom stereocenters. The van der Waals surface area contributed by atoms with Gasteiger partial charge in [0.15, 0.2) is 5.82 Å². The molecule has 0 fully saturated rings. The molecule has 0 amide bonds. The minimum Gasteiger partial charge on any atom is -0.309 e. The van der Waals surface area contributed by atoms with Crippen molar-refractivity contribution >= 4 is 27.5 Å². The fourth-order valence-electron chi connectivity index (χ4n) is 9.44. The summed E-state index contributed by atoms with van der Waals surface area (Å²) < 4.78 is 4.55. The Morgan fingerprint density at radius 1 is 0.435 bits per heavy atom. The van der Waals surface area contributed by atoms with E-state index in [4.69, 9.17) is 15.1 Å². The summed E-state index contributed by atoms with van der Waals surface area (Å²) in [7, 11) is 0. The maximum Gasteiger partial charge on any atom is 0.160 e. The van der Waals surface area contributed by atoms with Gasteiger partial charge in [-0.25, -0.2) is 14.6 Å². The van der Waals surface area contributed by atoms with Gasteiger partial charge in [-0.3, -0.25) is 0 Å². The van der Waals surface area contributed by atoms with Crippen LogP contribution in [0, 0.1) is 5.92 Å². The van der Waals surface area contributed by atoms with Crippen molar-refractivity contribution in [2.75, 3.05) is 0 Å². The van der Waals surface area contributed by atoms with Gasteiger partial charge in [0, 0.05) is 56.1 Å². The number of allylic oxidation sites excluding steroid dienone is 5. The van der Waals surface area contributed by atoms with Gasteiger partial charge in [-0.2, -0.15) is 5.10 Å². The Kier molecular flexibility index (Phi) is 8.56. The highest BCUT2D eigenvalue weighted by molar-refractivity contribution is 6.09. The zero-order valence-corrected chi connectivity index (χ0v) is 33.8. The first-order valence-electron chi connectivity index (χ1n) is 21.2. The molecule has 292 valence electrons. The molecule has 3 aromatic heterocycles. The maximum absolute atomic E-state index is 5.48. The topological polar surface area (TPSA) is 48.5 Å². The third-order valence-electron chi connectivity index (χ3n) is 12.3. The highest BCUT2D eigenvalue weighted by atomic mass is 15.3. The Labute approximate surface area is 359 Å². The lowest BCUT2D eigenvalue weighted by Gasteiger charge is -2.30. The van der Waals surface area contributed by atoms with Crippen LogP contribution >= 0.6 is 0 Å². The van der Waals surface area contributed by atoms with Crippen LogP contribution in [0.1, 0.15) is 17.2 Å². The molecule has 5 heteroatoms. The van der Waals surface area contributed by atoms with Gasteiger partial charge in [0.25, 0.3) is 0 Å². The van der Waals surface area contributed by atoms with Crippen LogP contribution in [0.15, 0.2) is 225 Å². The van der Waals surface area contributed by atoms with Gasteiger partial charge in [0.2, 0.25) is 0 Å². The van der Waals surface area contributed by atoms with Crippen LogP contribution in [0.5, 0.6) is 0 Å². The van der Waals surface area contributed by atoms with Crippen molar-refractivity contribution in [3.8, 4) is 62.0 Å². The molecule has 10 aromatic rings. The summed E-state index contributed by atoms with van der Waals surface area (Å²) in [6.45, 7) is 0. The summed E-state index contributed by atoms with van der Waals surface area (Å²) in [5, 5.41) is 7.95. The minimum atomic E-state index is 0.113. The molecule has 0 saturated carbocycles. The van der Waals surface area contributed by atoms with Crippen molar-refractivity contribution in [2.24, 2.45) is 5.92 Å². The Balaban J connectivity index is 1.04. The second-order valence-corrected chi connectivity index (χ2v) is 16.0. The summed E-state index contributed by atoms with van der Waals surface area (Å²) in [6.07, 6.45) is 11.3. The van der Waals surface area contributed by atoms with E-state index in [0.717, 1.165) is 67.4 Å². The molecule has 0 N–H and O–H groups in total. The molecule has 2 unspecified atom stereocenters. The van der Waals surface area contributed by atoms with Crippen molar-refractivity contribution in [1.82, 2.24) is 24.3 Å². The maximum atomic E-state index is 5.48. The Bertz CT molecular complexity index is 3350. The zero-order valence-electron chi connectivity index (χ0n) is 33.8. The highest BCUT2D eigenvalue weighted by Crippen LogP contribution is 2.48. The molecule has 7 aromatic carbocycles. The third-order valence-corrected chi connectivity index (χ3v) is 12.3. The first kappa shape index (κ1) is 35.8. The van der Waals surface area contributed by atoms with E-state index in [-0.39, 0.29) is 11.8 Å². The van der Waals surface area contributed by atoms with Gasteiger partial charge in [0.1, 0.15) is 5.69 Å². The quantitative estimate of drug-likeness (QED) is 0.161. The van der Waals surface area contributed by atoms with E-state index < -0.39 is 0 Å².